The van der Waals surface area contributed by atoms with Crippen molar-refractivity contribution >= 4 is 27.3 Å². The molecule has 2 N–H and O–H groups in total. The summed E-state index contributed by atoms with van der Waals surface area (Å²) < 4.78 is 26.6. The Morgan fingerprint density at radius 1 is 1.38 bits per heavy atom. The normalized spacial score (nSPS) is 17.8. The fraction of sp³-hybridized carbons (Fsp3) is 0.500. The number of aliphatic hydroxyl groups is 1. The average Bonchev–Trinajstić information content (AvgIpc) is 2.84. The third-order valence-corrected chi connectivity index (χ3v) is 5.43. The standard InChI is InChI=1S/C12H15ClN2O5S/c13-10-7-9(15(17)18)3-4-11(10)21(19,20)14-8-12(16)5-1-2-6-12/h3-4,7,14,16H,1-2,5-6,8H2. The third kappa shape index (κ3) is 3.70. The highest BCUT2D eigenvalue weighted by Gasteiger charge is 2.33. The summed E-state index contributed by atoms with van der Waals surface area (Å²) in [5.74, 6) is 0. The van der Waals surface area contributed by atoms with Gasteiger partial charge in [-0.2, -0.15) is 0 Å². The molecule has 1 aliphatic rings. The van der Waals surface area contributed by atoms with Crippen molar-refractivity contribution in [1.82, 2.24) is 4.72 Å². The van der Waals surface area contributed by atoms with Crippen LogP contribution in [0.4, 0.5) is 5.69 Å². The lowest BCUT2D eigenvalue weighted by atomic mass is 10.0. The highest BCUT2D eigenvalue weighted by Crippen LogP contribution is 2.30. The fourth-order valence-corrected chi connectivity index (χ4v) is 3.99. The predicted octanol–water partition coefficient (Wildman–Crippen LogP) is 1.83. The Morgan fingerprint density at radius 3 is 2.52 bits per heavy atom. The number of rotatable bonds is 5. The number of nitro benzene ring substituents is 1. The molecule has 0 heterocycles. The van der Waals surface area contributed by atoms with Crippen molar-refractivity contribution in [2.75, 3.05) is 6.54 Å². The first-order valence-corrected chi connectivity index (χ1v) is 8.26. The van der Waals surface area contributed by atoms with Gasteiger partial charge in [0.25, 0.3) is 5.69 Å². The number of hydrogen-bond acceptors (Lipinski definition) is 5. The number of sulfonamides is 1. The van der Waals surface area contributed by atoms with E-state index in [0.29, 0.717) is 12.8 Å². The van der Waals surface area contributed by atoms with Crippen molar-refractivity contribution in [3.63, 3.8) is 0 Å². The molecule has 0 spiro atoms. The van der Waals surface area contributed by atoms with Crippen LogP contribution in [-0.4, -0.2) is 30.6 Å². The van der Waals surface area contributed by atoms with Crippen LogP contribution in [0.3, 0.4) is 0 Å². The molecule has 0 radical (unpaired) electrons. The van der Waals surface area contributed by atoms with Gasteiger partial charge in [0.2, 0.25) is 10.0 Å². The summed E-state index contributed by atoms with van der Waals surface area (Å²) in [7, 11) is -3.92. The van der Waals surface area contributed by atoms with Gasteiger partial charge in [0.1, 0.15) is 4.90 Å². The molecule has 0 saturated heterocycles. The van der Waals surface area contributed by atoms with Gasteiger partial charge in [-0.05, 0) is 18.9 Å². The molecule has 0 amide bonds. The summed E-state index contributed by atoms with van der Waals surface area (Å²) in [5.41, 5.74) is -1.31. The van der Waals surface area contributed by atoms with E-state index in [1.54, 1.807) is 0 Å². The second kappa shape index (κ2) is 5.88. The van der Waals surface area contributed by atoms with E-state index in [2.05, 4.69) is 4.72 Å². The molecule has 0 unspecified atom stereocenters. The average molecular weight is 335 g/mol. The van der Waals surface area contributed by atoms with Crippen LogP contribution >= 0.6 is 11.6 Å². The molecule has 7 nitrogen and oxygen atoms in total. The van der Waals surface area contributed by atoms with Crippen molar-refractivity contribution in [2.45, 2.75) is 36.2 Å². The molecular weight excluding hydrogens is 320 g/mol. The first-order chi connectivity index (χ1) is 9.73. The Kier molecular flexibility index (Phi) is 4.52. The fourth-order valence-electron chi connectivity index (χ4n) is 2.34. The van der Waals surface area contributed by atoms with Crippen LogP contribution in [-0.2, 0) is 10.0 Å². The summed E-state index contributed by atoms with van der Waals surface area (Å²) in [6, 6.07) is 3.15. The molecule has 0 aromatic heterocycles. The van der Waals surface area contributed by atoms with Gasteiger partial charge in [-0.15, -0.1) is 0 Å². The summed E-state index contributed by atoms with van der Waals surface area (Å²) >= 11 is 5.80. The zero-order chi connectivity index (χ0) is 15.7. The molecule has 1 saturated carbocycles. The zero-order valence-corrected chi connectivity index (χ0v) is 12.7. The number of non-ortho nitro benzene ring substituents is 1. The summed E-state index contributed by atoms with van der Waals surface area (Å²) in [4.78, 5) is 9.71. The van der Waals surface area contributed by atoms with Crippen LogP contribution in [0.2, 0.25) is 5.02 Å². The lowest BCUT2D eigenvalue weighted by Crippen LogP contribution is -2.40. The molecule has 0 bridgehead atoms. The van der Waals surface area contributed by atoms with Gasteiger partial charge >= 0.3 is 0 Å². The van der Waals surface area contributed by atoms with E-state index in [1.807, 2.05) is 0 Å². The van der Waals surface area contributed by atoms with Crippen molar-refractivity contribution < 1.29 is 18.4 Å². The Morgan fingerprint density at radius 2 is 2.00 bits per heavy atom. The summed E-state index contributed by atoms with van der Waals surface area (Å²) in [6.45, 7) is -0.0946. The van der Waals surface area contributed by atoms with E-state index in [0.717, 1.165) is 31.0 Å². The van der Waals surface area contributed by atoms with Crippen molar-refractivity contribution in [1.29, 1.82) is 0 Å². The minimum atomic E-state index is -3.92. The number of halogens is 1. The van der Waals surface area contributed by atoms with E-state index in [4.69, 9.17) is 11.6 Å². The largest absolute Gasteiger partial charge is 0.389 e. The van der Waals surface area contributed by atoms with Gasteiger partial charge in [-0.3, -0.25) is 10.1 Å². The van der Waals surface area contributed by atoms with Crippen LogP contribution in [0.15, 0.2) is 23.1 Å². The number of nitro groups is 1. The highest BCUT2D eigenvalue weighted by molar-refractivity contribution is 7.89. The zero-order valence-electron chi connectivity index (χ0n) is 11.1. The lowest BCUT2D eigenvalue weighted by Gasteiger charge is -2.22. The predicted molar refractivity (Wildman–Crippen MR) is 76.7 cm³/mol. The number of benzene rings is 1. The monoisotopic (exact) mass is 334 g/mol. The van der Waals surface area contributed by atoms with Crippen molar-refractivity contribution in [3.8, 4) is 0 Å². The topological polar surface area (TPSA) is 110 Å². The minimum absolute atomic E-state index is 0.0946. The van der Waals surface area contributed by atoms with Crippen molar-refractivity contribution in [3.05, 3.63) is 33.3 Å². The van der Waals surface area contributed by atoms with E-state index in [-0.39, 0.29) is 22.2 Å². The van der Waals surface area contributed by atoms with Crippen LogP contribution < -0.4 is 4.72 Å². The Hall–Kier alpha value is -1.22. The molecule has 2 rings (SSSR count). The first kappa shape index (κ1) is 16.2. The Balaban J connectivity index is 2.17. The van der Waals surface area contributed by atoms with Gasteiger partial charge in [0, 0.05) is 18.7 Å². The Bertz CT molecular complexity index is 656. The van der Waals surface area contributed by atoms with Crippen molar-refractivity contribution in [2.24, 2.45) is 0 Å². The third-order valence-electron chi connectivity index (χ3n) is 3.54. The van der Waals surface area contributed by atoms with Gasteiger partial charge in [-0.1, -0.05) is 24.4 Å². The van der Waals surface area contributed by atoms with E-state index in [1.165, 1.54) is 0 Å². The molecule has 21 heavy (non-hydrogen) atoms. The first-order valence-electron chi connectivity index (χ1n) is 6.40. The number of nitrogens with zero attached hydrogens (tertiary/aromatic N) is 1. The Labute approximate surface area is 127 Å². The van der Waals surface area contributed by atoms with Gasteiger partial charge < -0.3 is 5.11 Å². The maximum Gasteiger partial charge on any atom is 0.271 e. The molecule has 1 aromatic carbocycles. The second-order valence-corrected chi connectivity index (χ2v) is 7.27. The van der Waals surface area contributed by atoms with E-state index < -0.39 is 20.5 Å². The molecule has 1 aromatic rings. The van der Waals surface area contributed by atoms with Crippen LogP contribution in [0.25, 0.3) is 0 Å². The highest BCUT2D eigenvalue weighted by atomic mass is 35.5. The maximum absolute atomic E-state index is 12.2. The smallest absolute Gasteiger partial charge is 0.271 e. The van der Waals surface area contributed by atoms with Gasteiger partial charge in [-0.25, -0.2) is 13.1 Å². The van der Waals surface area contributed by atoms with Gasteiger partial charge in [0.05, 0.1) is 15.5 Å². The number of hydrogen-bond donors (Lipinski definition) is 2. The SMILES string of the molecule is O=[N+]([O-])c1ccc(S(=O)(=O)NCC2(O)CCCC2)c(Cl)c1. The lowest BCUT2D eigenvalue weighted by molar-refractivity contribution is -0.384. The van der Waals surface area contributed by atoms with Crippen LogP contribution in [0, 0.1) is 10.1 Å². The van der Waals surface area contributed by atoms with Crippen LogP contribution in [0.5, 0.6) is 0 Å². The molecule has 9 heteroatoms. The number of nitrogens with one attached hydrogen (secondary N) is 1. The molecule has 1 fully saturated rings. The maximum atomic E-state index is 12.2. The molecule has 0 atom stereocenters. The summed E-state index contributed by atoms with van der Waals surface area (Å²) in [6.07, 6.45) is 2.81. The molecule has 116 valence electrons. The molecule has 1 aliphatic carbocycles. The van der Waals surface area contributed by atoms with E-state index in [9.17, 15) is 23.6 Å². The summed E-state index contributed by atoms with van der Waals surface area (Å²) in [5, 5.41) is 20.5. The van der Waals surface area contributed by atoms with Gasteiger partial charge in [0.15, 0.2) is 0 Å². The minimum Gasteiger partial charge on any atom is -0.389 e. The van der Waals surface area contributed by atoms with Crippen LogP contribution in [0.1, 0.15) is 25.7 Å². The quantitative estimate of drug-likeness (QED) is 0.630. The molecular formula is C12H15ClN2O5S. The van der Waals surface area contributed by atoms with E-state index >= 15 is 0 Å². The molecule has 0 aliphatic heterocycles. The second-order valence-electron chi connectivity index (χ2n) is 5.13.